The van der Waals surface area contributed by atoms with Crippen molar-refractivity contribution in [1.29, 1.82) is 0 Å². The fourth-order valence-corrected chi connectivity index (χ4v) is 4.05. The Kier molecular flexibility index (Phi) is 8.81. The number of ether oxygens (including phenoxy) is 1. The van der Waals surface area contributed by atoms with E-state index in [1.54, 1.807) is 39.2 Å². The summed E-state index contributed by atoms with van der Waals surface area (Å²) in [5.74, 6) is -6.60. The zero-order valence-electron chi connectivity index (χ0n) is 22.2. The molecule has 2 aromatic heterocycles. The highest BCUT2D eigenvalue weighted by molar-refractivity contribution is 5.94. The molecule has 0 fully saturated rings. The average Bonchev–Trinajstić information content (AvgIpc) is 2.87. The van der Waals surface area contributed by atoms with Gasteiger partial charge in [-0.1, -0.05) is 0 Å². The van der Waals surface area contributed by atoms with Crippen molar-refractivity contribution in [3.05, 3.63) is 91.5 Å². The maximum atomic E-state index is 13.4. The molecule has 0 aliphatic carbocycles. The molecule has 4 aromatic rings. The van der Waals surface area contributed by atoms with Gasteiger partial charge in [0.05, 0.1) is 17.6 Å². The van der Waals surface area contributed by atoms with Crippen LogP contribution in [0.4, 0.5) is 17.6 Å². The third-order valence-electron chi connectivity index (χ3n) is 5.99. The first-order valence-electron chi connectivity index (χ1n) is 12.2. The van der Waals surface area contributed by atoms with Crippen molar-refractivity contribution in [3.63, 3.8) is 0 Å². The predicted molar refractivity (Wildman–Crippen MR) is 140 cm³/mol. The number of pyridine rings is 2. The number of nitrogens with zero attached hydrogens (tertiary/aromatic N) is 2. The molecule has 0 aliphatic heterocycles. The Morgan fingerprint density at radius 3 is 1.50 bits per heavy atom. The predicted octanol–water partition coefficient (Wildman–Crippen LogP) is 5.60. The fraction of sp³-hybridized carbons (Fsp3) is 0.286. The lowest BCUT2D eigenvalue weighted by Gasteiger charge is -2.16. The first-order chi connectivity index (χ1) is 18.7. The summed E-state index contributed by atoms with van der Waals surface area (Å²) in [6.07, 6.45) is 2.47. The average molecular weight is 563 g/mol. The molecule has 40 heavy (non-hydrogen) atoms. The van der Waals surface area contributed by atoms with E-state index in [0.29, 0.717) is 0 Å². The molecule has 0 amide bonds. The smallest absolute Gasteiger partial charge is 0.343 e. The van der Waals surface area contributed by atoms with Crippen LogP contribution in [0.3, 0.4) is 0 Å². The Bertz CT molecular complexity index is 1760. The zero-order chi connectivity index (χ0) is 30.0. The third-order valence-corrected chi connectivity index (χ3v) is 5.99. The van der Waals surface area contributed by atoms with Crippen LogP contribution < -0.4 is 10.9 Å². The summed E-state index contributed by atoms with van der Waals surface area (Å²) in [4.78, 5) is 47.0. The summed E-state index contributed by atoms with van der Waals surface area (Å²) in [7, 11) is 0. The molecule has 12 heteroatoms. The van der Waals surface area contributed by atoms with E-state index in [2.05, 4.69) is 0 Å². The Balaban J connectivity index is 0.000000222. The van der Waals surface area contributed by atoms with E-state index in [1.165, 1.54) is 10.8 Å². The topological polar surface area (TPSA) is 108 Å². The lowest BCUT2D eigenvalue weighted by molar-refractivity contribution is 0.0523. The summed E-state index contributed by atoms with van der Waals surface area (Å²) in [6.45, 7) is 8.85. The SMILES string of the molecule is CC(C)n1cc(C(=O)O)c(=O)c2cc(F)c(F)cc21.CCOC(=O)c1cn(C(C)C)c2cc(F)c(F)cc2c1=O. The van der Waals surface area contributed by atoms with Crippen molar-refractivity contribution in [2.75, 3.05) is 6.61 Å². The Labute approximate surface area is 225 Å². The lowest BCUT2D eigenvalue weighted by Crippen LogP contribution is -2.22. The van der Waals surface area contributed by atoms with Gasteiger partial charge in [-0.15, -0.1) is 0 Å². The molecule has 0 radical (unpaired) electrons. The van der Waals surface area contributed by atoms with E-state index >= 15 is 0 Å². The van der Waals surface area contributed by atoms with Crippen LogP contribution in [-0.2, 0) is 4.74 Å². The van der Waals surface area contributed by atoms with E-state index in [1.807, 2.05) is 0 Å². The number of aromatic nitrogens is 2. The molecule has 0 bridgehead atoms. The van der Waals surface area contributed by atoms with Crippen molar-refractivity contribution < 1.29 is 37.0 Å². The number of carbonyl (C=O) groups is 2. The highest BCUT2D eigenvalue weighted by Gasteiger charge is 2.20. The summed E-state index contributed by atoms with van der Waals surface area (Å²) >= 11 is 0. The van der Waals surface area contributed by atoms with Crippen molar-refractivity contribution in [2.24, 2.45) is 0 Å². The van der Waals surface area contributed by atoms with Crippen LogP contribution in [-0.4, -0.2) is 32.8 Å². The summed E-state index contributed by atoms with van der Waals surface area (Å²) < 4.78 is 61.1. The number of rotatable bonds is 5. The third kappa shape index (κ3) is 5.75. The molecule has 0 aliphatic rings. The second-order valence-electron chi connectivity index (χ2n) is 9.34. The van der Waals surface area contributed by atoms with Crippen LogP contribution in [0.2, 0.25) is 0 Å². The van der Waals surface area contributed by atoms with Crippen molar-refractivity contribution >= 4 is 33.7 Å². The molecular formula is C28H26F4N2O6. The van der Waals surface area contributed by atoms with Gasteiger partial charge in [0.1, 0.15) is 11.1 Å². The fourth-order valence-electron chi connectivity index (χ4n) is 4.05. The van der Waals surface area contributed by atoms with Crippen LogP contribution in [0.15, 0.2) is 46.2 Å². The highest BCUT2D eigenvalue weighted by atomic mass is 19.2. The summed E-state index contributed by atoms with van der Waals surface area (Å²) in [6, 6.07) is 3.06. The van der Waals surface area contributed by atoms with Gasteiger partial charge in [0.15, 0.2) is 23.3 Å². The molecule has 0 spiro atoms. The number of esters is 1. The molecule has 2 aromatic carbocycles. The van der Waals surface area contributed by atoms with Gasteiger partial charge in [-0.3, -0.25) is 9.59 Å². The minimum atomic E-state index is -1.40. The number of carboxylic acids is 1. The van der Waals surface area contributed by atoms with Gasteiger partial charge in [0.25, 0.3) is 0 Å². The second-order valence-corrected chi connectivity index (χ2v) is 9.34. The minimum absolute atomic E-state index is 0.0480. The molecule has 212 valence electrons. The van der Waals surface area contributed by atoms with Crippen LogP contribution in [0, 0.1) is 23.3 Å². The maximum Gasteiger partial charge on any atom is 0.343 e. The minimum Gasteiger partial charge on any atom is -0.477 e. The molecule has 0 atom stereocenters. The van der Waals surface area contributed by atoms with Crippen molar-refractivity contribution in [3.8, 4) is 0 Å². The molecule has 0 saturated carbocycles. The van der Waals surface area contributed by atoms with Crippen molar-refractivity contribution in [2.45, 2.75) is 46.7 Å². The number of hydrogen-bond acceptors (Lipinski definition) is 5. The molecule has 2 heterocycles. The first kappa shape index (κ1) is 30.1. The molecule has 8 nitrogen and oxygen atoms in total. The van der Waals surface area contributed by atoms with Gasteiger partial charge < -0.3 is 19.0 Å². The van der Waals surface area contributed by atoms with E-state index in [0.717, 1.165) is 30.5 Å². The van der Waals surface area contributed by atoms with Crippen LogP contribution in [0.5, 0.6) is 0 Å². The van der Waals surface area contributed by atoms with E-state index in [-0.39, 0.29) is 46.1 Å². The maximum absolute atomic E-state index is 13.4. The van der Waals surface area contributed by atoms with E-state index < -0.39 is 51.6 Å². The van der Waals surface area contributed by atoms with Crippen molar-refractivity contribution in [1.82, 2.24) is 9.13 Å². The highest BCUT2D eigenvalue weighted by Crippen LogP contribution is 2.22. The Hall–Kier alpha value is -4.48. The number of carboxylic acid groups (broad SMARTS) is 1. The van der Waals surface area contributed by atoms with Crippen LogP contribution >= 0.6 is 0 Å². The number of hydrogen-bond donors (Lipinski definition) is 1. The molecule has 1 N–H and O–H groups in total. The molecule has 0 unspecified atom stereocenters. The van der Waals surface area contributed by atoms with Gasteiger partial charge in [-0.25, -0.2) is 27.2 Å². The quantitative estimate of drug-likeness (QED) is 0.251. The summed E-state index contributed by atoms with van der Waals surface area (Å²) in [5, 5.41) is 8.78. The largest absolute Gasteiger partial charge is 0.477 e. The van der Waals surface area contributed by atoms with Gasteiger partial charge in [0.2, 0.25) is 10.9 Å². The Morgan fingerprint density at radius 2 is 1.12 bits per heavy atom. The van der Waals surface area contributed by atoms with Gasteiger partial charge in [0, 0.05) is 47.4 Å². The van der Waals surface area contributed by atoms with E-state index in [4.69, 9.17) is 9.84 Å². The monoisotopic (exact) mass is 562 g/mol. The number of aromatic carboxylic acids is 1. The van der Waals surface area contributed by atoms with Crippen LogP contribution in [0.1, 0.15) is 67.4 Å². The zero-order valence-corrected chi connectivity index (χ0v) is 22.2. The second kappa shape index (κ2) is 11.7. The number of carbonyl (C=O) groups excluding carboxylic acids is 1. The van der Waals surface area contributed by atoms with E-state index in [9.17, 15) is 36.7 Å². The Morgan fingerprint density at radius 1 is 0.750 bits per heavy atom. The number of benzene rings is 2. The van der Waals surface area contributed by atoms with Gasteiger partial charge in [-0.2, -0.15) is 0 Å². The number of halogens is 4. The summed E-state index contributed by atoms with van der Waals surface area (Å²) in [5.41, 5.74) is -1.74. The molecular weight excluding hydrogens is 536 g/mol. The molecule has 4 rings (SSSR count). The standard InChI is InChI=1S/C15H15F2NO3.C13H11F2NO3/c1-4-21-15(20)10-7-18(8(2)3)13-6-12(17)11(16)5-9(13)14(10)19;1-6(2)16-5-8(13(18)19)12(17)7-3-9(14)10(15)4-11(7)16/h5-8H,4H2,1-3H3;3-6H,1-2H3,(H,18,19). The first-order valence-corrected chi connectivity index (χ1v) is 12.2. The van der Waals surface area contributed by atoms with Gasteiger partial charge >= 0.3 is 11.9 Å². The lowest BCUT2D eigenvalue weighted by atomic mass is 10.1. The van der Waals surface area contributed by atoms with Gasteiger partial charge in [-0.05, 0) is 46.8 Å². The normalized spacial score (nSPS) is 11.2. The number of fused-ring (bicyclic) bond motifs is 2. The molecule has 0 saturated heterocycles. The van der Waals surface area contributed by atoms with Crippen LogP contribution in [0.25, 0.3) is 21.8 Å².